The molecular weight excluding hydrogens is 314 g/mol. The zero-order chi connectivity index (χ0) is 17.6. The lowest BCUT2D eigenvalue weighted by Gasteiger charge is -2.24. The van der Waals surface area contributed by atoms with Gasteiger partial charge < -0.3 is 14.7 Å². The third kappa shape index (κ3) is 2.58. The van der Waals surface area contributed by atoms with E-state index in [-0.39, 0.29) is 17.7 Å². The smallest absolute Gasteiger partial charge is 0.259 e. The van der Waals surface area contributed by atoms with Crippen LogP contribution in [0.3, 0.4) is 0 Å². The summed E-state index contributed by atoms with van der Waals surface area (Å²) >= 11 is 0. The number of anilines is 1. The van der Waals surface area contributed by atoms with Gasteiger partial charge in [0, 0.05) is 11.3 Å². The van der Waals surface area contributed by atoms with Crippen LogP contribution < -0.4 is 9.64 Å². The van der Waals surface area contributed by atoms with E-state index < -0.39 is 0 Å². The SMILES string of the molecule is COc1cc2c(cc1O)CCC(C)=CC1Cc3ccccc3N1C2=O. The van der Waals surface area contributed by atoms with Crippen molar-refractivity contribution in [3.8, 4) is 11.5 Å². The molecule has 0 spiro atoms. The maximum atomic E-state index is 13.4. The molecule has 0 saturated heterocycles. The van der Waals surface area contributed by atoms with E-state index in [1.165, 1.54) is 18.2 Å². The molecule has 0 aliphatic carbocycles. The van der Waals surface area contributed by atoms with Crippen molar-refractivity contribution >= 4 is 11.6 Å². The Morgan fingerprint density at radius 2 is 1.96 bits per heavy atom. The predicted molar refractivity (Wildman–Crippen MR) is 97.5 cm³/mol. The van der Waals surface area contributed by atoms with E-state index in [1.807, 2.05) is 23.1 Å². The van der Waals surface area contributed by atoms with Crippen LogP contribution in [-0.4, -0.2) is 24.2 Å². The maximum absolute atomic E-state index is 13.4. The molecular formula is C21H21NO3. The molecule has 1 N–H and O–H groups in total. The average Bonchev–Trinajstić information content (AvgIpc) is 2.97. The number of hydrogen-bond acceptors (Lipinski definition) is 3. The van der Waals surface area contributed by atoms with Crippen LogP contribution in [0.1, 0.15) is 34.8 Å². The lowest BCUT2D eigenvalue weighted by molar-refractivity contribution is 0.0983. The minimum Gasteiger partial charge on any atom is -0.504 e. The van der Waals surface area contributed by atoms with Crippen molar-refractivity contribution in [2.75, 3.05) is 12.0 Å². The fourth-order valence-corrected chi connectivity index (χ4v) is 3.86. The van der Waals surface area contributed by atoms with E-state index in [4.69, 9.17) is 4.74 Å². The van der Waals surface area contributed by atoms with E-state index in [1.54, 1.807) is 12.1 Å². The van der Waals surface area contributed by atoms with Gasteiger partial charge in [0.25, 0.3) is 5.91 Å². The van der Waals surface area contributed by atoms with Crippen LogP contribution in [0.5, 0.6) is 11.5 Å². The number of aromatic hydroxyl groups is 1. The number of hydrogen-bond donors (Lipinski definition) is 1. The van der Waals surface area contributed by atoms with Gasteiger partial charge in [-0.3, -0.25) is 4.79 Å². The number of benzene rings is 2. The first-order valence-corrected chi connectivity index (χ1v) is 8.57. The zero-order valence-corrected chi connectivity index (χ0v) is 14.5. The van der Waals surface area contributed by atoms with E-state index >= 15 is 0 Å². The van der Waals surface area contributed by atoms with Crippen molar-refractivity contribution in [1.82, 2.24) is 0 Å². The highest BCUT2D eigenvalue weighted by Gasteiger charge is 2.35. The van der Waals surface area contributed by atoms with Gasteiger partial charge in [-0.15, -0.1) is 0 Å². The van der Waals surface area contributed by atoms with Crippen LogP contribution in [0.2, 0.25) is 0 Å². The van der Waals surface area contributed by atoms with Crippen molar-refractivity contribution in [2.45, 2.75) is 32.2 Å². The standard InChI is InChI=1S/C21H21NO3/c1-13-7-8-14-11-19(23)20(25-2)12-17(14)21(24)22-16(9-13)10-15-5-3-4-6-18(15)22/h3-6,9,11-12,16,23H,7-8,10H2,1-2H3. The highest BCUT2D eigenvalue weighted by Crippen LogP contribution is 2.38. The van der Waals surface area contributed by atoms with Crippen molar-refractivity contribution < 1.29 is 14.6 Å². The first-order chi connectivity index (χ1) is 12.1. The molecule has 2 aromatic carbocycles. The van der Waals surface area contributed by atoms with E-state index in [0.29, 0.717) is 11.3 Å². The number of ether oxygens (including phenoxy) is 1. The number of allylic oxidation sites excluding steroid dienone is 1. The highest BCUT2D eigenvalue weighted by molar-refractivity contribution is 6.09. The van der Waals surface area contributed by atoms with Gasteiger partial charge in [0.05, 0.1) is 13.2 Å². The Kier molecular flexibility index (Phi) is 3.75. The third-order valence-electron chi connectivity index (χ3n) is 5.13. The summed E-state index contributed by atoms with van der Waals surface area (Å²) in [7, 11) is 1.50. The molecule has 0 aromatic heterocycles. The minimum absolute atomic E-state index is 0.0331. The van der Waals surface area contributed by atoms with Crippen LogP contribution in [0.15, 0.2) is 48.0 Å². The Labute approximate surface area is 147 Å². The molecule has 0 bridgehead atoms. The molecule has 1 atom stereocenters. The fourth-order valence-electron chi connectivity index (χ4n) is 3.86. The molecule has 4 nitrogen and oxygen atoms in total. The second kappa shape index (κ2) is 5.96. The molecule has 0 fully saturated rings. The first-order valence-electron chi connectivity index (χ1n) is 8.57. The summed E-state index contributed by atoms with van der Waals surface area (Å²) in [6.07, 6.45) is 4.64. The van der Waals surface area contributed by atoms with Crippen molar-refractivity contribution in [2.24, 2.45) is 0 Å². The number of nitrogens with zero attached hydrogens (tertiary/aromatic N) is 1. The summed E-state index contributed by atoms with van der Waals surface area (Å²) in [6, 6.07) is 11.5. The molecule has 2 aliphatic rings. The van der Waals surface area contributed by atoms with Crippen LogP contribution in [-0.2, 0) is 12.8 Å². The molecule has 1 unspecified atom stereocenters. The van der Waals surface area contributed by atoms with E-state index in [0.717, 1.165) is 30.5 Å². The van der Waals surface area contributed by atoms with Gasteiger partial charge in [-0.2, -0.15) is 0 Å². The van der Waals surface area contributed by atoms with Crippen LogP contribution in [0.4, 0.5) is 5.69 Å². The van der Waals surface area contributed by atoms with Gasteiger partial charge in [-0.1, -0.05) is 29.8 Å². The molecule has 1 amide bonds. The lowest BCUT2D eigenvalue weighted by atomic mass is 9.98. The molecule has 25 heavy (non-hydrogen) atoms. The molecule has 0 saturated carbocycles. The first kappa shape index (κ1) is 15.8. The van der Waals surface area contributed by atoms with Gasteiger partial charge in [-0.05, 0) is 55.5 Å². The fraction of sp³-hybridized carbons (Fsp3) is 0.286. The summed E-state index contributed by atoms with van der Waals surface area (Å²) < 4.78 is 5.23. The number of amides is 1. The third-order valence-corrected chi connectivity index (χ3v) is 5.13. The summed E-state index contributed by atoms with van der Waals surface area (Å²) in [5, 5.41) is 10.1. The van der Waals surface area contributed by atoms with Gasteiger partial charge in [0.2, 0.25) is 0 Å². The van der Waals surface area contributed by atoms with Gasteiger partial charge in [0.15, 0.2) is 11.5 Å². The van der Waals surface area contributed by atoms with Gasteiger partial charge >= 0.3 is 0 Å². The number of phenols is 1. The summed E-state index contributed by atoms with van der Waals surface area (Å²) in [5.74, 6) is 0.377. The average molecular weight is 335 g/mol. The number of para-hydroxylation sites is 1. The topological polar surface area (TPSA) is 49.8 Å². The Bertz CT molecular complexity index is 885. The normalized spacial score (nSPS) is 19.1. The quantitative estimate of drug-likeness (QED) is 0.805. The lowest BCUT2D eigenvalue weighted by Crippen LogP contribution is -2.37. The summed E-state index contributed by atoms with van der Waals surface area (Å²) in [5.41, 5.74) is 4.90. The van der Waals surface area contributed by atoms with Gasteiger partial charge in [-0.25, -0.2) is 0 Å². The van der Waals surface area contributed by atoms with Crippen LogP contribution in [0, 0.1) is 0 Å². The number of aryl methyl sites for hydroxylation is 1. The second-order valence-corrected chi connectivity index (χ2v) is 6.77. The Hall–Kier alpha value is -2.75. The van der Waals surface area contributed by atoms with Crippen molar-refractivity contribution in [1.29, 1.82) is 0 Å². The molecule has 2 heterocycles. The maximum Gasteiger partial charge on any atom is 0.259 e. The van der Waals surface area contributed by atoms with Crippen molar-refractivity contribution in [3.05, 3.63) is 64.7 Å². The molecule has 4 heteroatoms. The number of fused-ring (bicyclic) bond motifs is 4. The van der Waals surface area contributed by atoms with Crippen molar-refractivity contribution in [3.63, 3.8) is 0 Å². The molecule has 4 rings (SSSR count). The summed E-state index contributed by atoms with van der Waals surface area (Å²) in [6.45, 7) is 2.11. The molecule has 2 aromatic rings. The highest BCUT2D eigenvalue weighted by atomic mass is 16.5. The number of phenolic OH excluding ortho intramolecular Hbond substituents is 1. The van der Waals surface area contributed by atoms with Crippen LogP contribution in [0.25, 0.3) is 0 Å². The minimum atomic E-state index is -0.0331. The Balaban J connectivity index is 1.90. The largest absolute Gasteiger partial charge is 0.504 e. The zero-order valence-electron chi connectivity index (χ0n) is 14.5. The van der Waals surface area contributed by atoms with E-state index in [2.05, 4.69) is 19.1 Å². The molecule has 2 aliphatic heterocycles. The summed E-state index contributed by atoms with van der Waals surface area (Å²) in [4.78, 5) is 15.3. The molecule has 128 valence electrons. The number of carbonyl (C=O) groups is 1. The van der Waals surface area contributed by atoms with Crippen LogP contribution >= 0.6 is 0 Å². The number of methoxy groups -OCH3 is 1. The second-order valence-electron chi connectivity index (χ2n) is 6.77. The predicted octanol–water partition coefficient (Wildman–Crippen LogP) is 3.86. The monoisotopic (exact) mass is 335 g/mol. The molecule has 0 radical (unpaired) electrons. The Morgan fingerprint density at radius 3 is 2.76 bits per heavy atom. The Morgan fingerprint density at radius 1 is 1.16 bits per heavy atom. The van der Waals surface area contributed by atoms with Gasteiger partial charge in [0.1, 0.15) is 0 Å². The van der Waals surface area contributed by atoms with E-state index in [9.17, 15) is 9.90 Å². The number of rotatable bonds is 1. The number of carbonyl (C=O) groups excluding carboxylic acids is 1.